The number of carboxylic acid groups (broad SMARTS) is 1. The first-order valence-electron chi connectivity index (χ1n) is 8.82. The lowest BCUT2D eigenvalue weighted by Crippen LogP contribution is -2.05. The maximum absolute atomic E-state index is 11.9. The Hall–Kier alpha value is -3.94. The number of nitro benzene ring substituents is 1. The van der Waals surface area contributed by atoms with Gasteiger partial charge in [0.05, 0.1) is 28.8 Å². The van der Waals surface area contributed by atoms with Gasteiger partial charge in [0, 0.05) is 11.5 Å². The molecule has 0 fully saturated rings. The van der Waals surface area contributed by atoms with Gasteiger partial charge in [-0.05, 0) is 47.8 Å². The molecular formula is C21H16N2O6. The fraction of sp³-hybridized carbons (Fsp3) is 0.143. The predicted octanol–water partition coefficient (Wildman–Crippen LogP) is 4.04. The number of benzene rings is 2. The number of rotatable bonds is 4. The van der Waals surface area contributed by atoms with Crippen molar-refractivity contribution in [3.05, 3.63) is 68.9 Å². The molecule has 8 heteroatoms. The molecule has 146 valence electrons. The highest BCUT2D eigenvalue weighted by Crippen LogP contribution is 2.40. The van der Waals surface area contributed by atoms with Gasteiger partial charge in [-0.15, -0.1) is 0 Å². The molecule has 2 aromatic carbocycles. The molecule has 8 nitrogen and oxygen atoms in total. The van der Waals surface area contributed by atoms with Crippen molar-refractivity contribution in [3.8, 4) is 11.5 Å². The number of fused-ring (bicyclic) bond motifs is 2. The zero-order chi connectivity index (χ0) is 20.7. The Morgan fingerprint density at radius 2 is 2.03 bits per heavy atom. The lowest BCUT2D eigenvalue weighted by molar-refractivity contribution is -0.386. The van der Waals surface area contributed by atoms with Crippen LogP contribution in [0, 0.1) is 10.1 Å². The number of carboxylic acids is 1. The second-order valence-electron chi connectivity index (χ2n) is 6.65. The first-order valence-corrected chi connectivity index (χ1v) is 8.82. The van der Waals surface area contributed by atoms with Gasteiger partial charge >= 0.3 is 11.7 Å². The summed E-state index contributed by atoms with van der Waals surface area (Å²) in [5.74, 6) is -1.56. The van der Waals surface area contributed by atoms with Crippen molar-refractivity contribution < 1.29 is 24.7 Å². The van der Waals surface area contributed by atoms with Crippen LogP contribution >= 0.6 is 0 Å². The third kappa shape index (κ3) is 3.04. The summed E-state index contributed by atoms with van der Waals surface area (Å²) in [4.78, 5) is 27.1. The summed E-state index contributed by atoms with van der Waals surface area (Å²) in [6.45, 7) is 0. The van der Waals surface area contributed by atoms with E-state index in [0.717, 1.165) is 5.57 Å². The molecule has 1 aromatic heterocycles. The molecule has 0 unspecified atom stereocenters. The minimum absolute atomic E-state index is 0.0121. The normalized spacial score (nSPS) is 14.2. The van der Waals surface area contributed by atoms with Gasteiger partial charge in [0.2, 0.25) is 5.75 Å². The number of hydrogen-bond donors (Lipinski definition) is 2. The number of allylic oxidation sites excluding steroid dienone is 1. The zero-order valence-electron chi connectivity index (χ0n) is 15.4. The molecule has 1 aliphatic rings. The number of aromatic hydroxyl groups is 1. The summed E-state index contributed by atoms with van der Waals surface area (Å²) in [6, 6.07) is 9.80. The number of hydrogen-bond acceptors (Lipinski definition) is 6. The van der Waals surface area contributed by atoms with E-state index in [2.05, 4.69) is 4.98 Å². The summed E-state index contributed by atoms with van der Waals surface area (Å²) in [7, 11) is 1.31. The minimum atomic E-state index is -1.01. The highest BCUT2D eigenvalue weighted by molar-refractivity contribution is 6.06. The van der Waals surface area contributed by atoms with Gasteiger partial charge in [-0.2, -0.15) is 0 Å². The molecule has 0 amide bonds. The van der Waals surface area contributed by atoms with Crippen molar-refractivity contribution in [1.29, 1.82) is 0 Å². The number of nitro groups is 1. The van der Waals surface area contributed by atoms with Crippen molar-refractivity contribution >= 4 is 34.2 Å². The molecule has 3 aromatic rings. The van der Waals surface area contributed by atoms with Crippen molar-refractivity contribution in [1.82, 2.24) is 4.98 Å². The minimum Gasteiger partial charge on any atom is -0.500 e. The number of carbonyl (C=O) groups is 1. The smallest absolute Gasteiger partial charge is 0.336 e. The lowest BCUT2D eigenvalue weighted by Gasteiger charge is -2.09. The predicted molar refractivity (Wildman–Crippen MR) is 106 cm³/mol. The average Bonchev–Trinajstić information content (AvgIpc) is 3.08. The summed E-state index contributed by atoms with van der Waals surface area (Å²) < 4.78 is 5.04. The molecule has 0 spiro atoms. The summed E-state index contributed by atoms with van der Waals surface area (Å²) in [6.07, 6.45) is 2.78. The van der Waals surface area contributed by atoms with Gasteiger partial charge in [0.15, 0.2) is 5.75 Å². The van der Waals surface area contributed by atoms with Gasteiger partial charge in [-0.25, -0.2) is 9.78 Å². The van der Waals surface area contributed by atoms with Crippen LogP contribution in [0.2, 0.25) is 0 Å². The maximum Gasteiger partial charge on any atom is 0.336 e. The van der Waals surface area contributed by atoms with Gasteiger partial charge in [-0.3, -0.25) is 10.1 Å². The number of methoxy groups -OCH3 is 1. The van der Waals surface area contributed by atoms with E-state index in [9.17, 15) is 25.1 Å². The Labute approximate surface area is 164 Å². The number of pyridine rings is 1. The maximum atomic E-state index is 11.9. The van der Waals surface area contributed by atoms with E-state index in [-0.39, 0.29) is 11.3 Å². The van der Waals surface area contributed by atoms with Crippen LogP contribution in [0.5, 0.6) is 11.5 Å². The van der Waals surface area contributed by atoms with Crippen LogP contribution in [-0.2, 0) is 6.42 Å². The number of para-hydroxylation sites is 1. The quantitative estimate of drug-likeness (QED) is 0.507. The van der Waals surface area contributed by atoms with Gasteiger partial charge in [-0.1, -0.05) is 18.2 Å². The van der Waals surface area contributed by atoms with Crippen molar-refractivity contribution in [3.63, 3.8) is 0 Å². The van der Waals surface area contributed by atoms with Crippen molar-refractivity contribution in [2.75, 3.05) is 7.11 Å². The molecule has 0 bridgehead atoms. The Bertz CT molecular complexity index is 1220. The molecule has 0 radical (unpaired) electrons. The molecule has 4 rings (SSSR count). The van der Waals surface area contributed by atoms with Crippen molar-refractivity contribution in [2.45, 2.75) is 12.8 Å². The van der Waals surface area contributed by atoms with Crippen LogP contribution in [0.25, 0.3) is 22.6 Å². The summed E-state index contributed by atoms with van der Waals surface area (Å²) in [5.41, 5.74) is 2.82. The van der Waals surface area contributed by atoms with Gasteiger partial charge < -0.3 is 14.9 Å². The lowest BCUT2D eigenvalue weighted by atomic mass is 10.0. The van der Waals surface area contributed by atoms with E-state index >= 15 is 0 Å². The van der Waals surface area contributed by atoms with Crippen LogP contribution in [-0.4, -0.2) is 33.2 Å². The first kappa shape index (κ1) is 18.4. The fourth-order valence-electron chi connectivity index (χ4n) is 3.72. The topological polar surface area (TPSA) is 123 Å². The number of phenols is 1. The van der Waals surface area contributed by atoms with E-state index < -0.39 is 22.3 Å². The van der Waals surface area contributed by atoms with E-state index in [1.807, 2.05) is 0 Å². The van der Waals surface area contributed by atoms with Crippen LogP contribution in [0.4, 0.5) is 5.69 Å². The van der Waals surface area contributed by atoms with E-state index in [1.165, 1.54) is 19.2 Å². The van der Waals surface area contributed by atoms with Crippen LogP contribution < -0.4 is 4.74 Å². The highest BCUT2D eigenvalue weighted by Gasteiger charge is 2.27. The number of ether oxygens (including phenoxy) is 1. The highest BCUT2D eigenvalue weighted by atomic mass is 16.6. The fourth-order valence-corrected chi connectivity index (χ4v) is 3.72. The first-order chi connectivity index (χ1) is 13.9. The number of phenolic OH excluding ortho intramolecular Hbond substituents is 1. The molecule has 1 heterocycles. The van der Waals surface area contributed by atoms with Crippen LogP contribution in [0.15, 0.2) is 36.4 Å². The molecule has 0 aliphatic heterocycles. The Morgan fingerprint density at radius 1 is 1.28 bits per heavy atom. The largest absolute Gasteiger partial charge is 0.500 e. The second kappa shape index (κ2) is 6.90. The average molecular weight is 392 g/mol. The molecular weight excluding hydrogens is 376 g/mol. The molecule has 1 aliphatic carbocycles. The monoisotopic (exact) mass is 392 g/mol. The van der Waals surface area contributed by atoms with Gasteiger partial charge in [0.25, 0.3) is 0 Å². The third-order valence-electron chi connectivity index (χ3n) is 4.99. The molecule has 2 N–H and O–H groups in total. The Morgan fingerprint density at radius 3 is 2.72 bits per heavy atom. The second-order valence-corrected chi connectivity index (χ2v) is 6.65. The Balaban J connectivity index is 1.91. The molecule has 29 heavy (non-hydrogen) atoms. The summed E-state index contributed by atoms with van der Waals surface area (Å²) >= 11 is 0. The summed E-state index contributed by atoms with van der Waals surface area (Å²) in [5, 5.41) is 31.5. The SMILES string of the molecule is COc1cc(/C=C2\CCc3c2nc2ccccc2c3C(=O)O)cc([N+](=O)[O-])c1O. The van der Waals surface area contributed by atoms with E-state index in [0.29, 0.717) is 40.6 Å². The third-order valence-corrected chi connectivity index (χ3v) is 4.99. The van der Waals surface area contributed by atoms with Crippen LogP contribution in [0.1, 0.15) is 33.6 Å². The molecule has 0 saturated heterocycles. The molecule has 0 atom stereocenters. The van der Waals surface area contributed by atoms with Crippen molar-refractivity contribution in [2.24, 2.45) is 0 Å². The molecule has 0 saturated carbocycles. The number of aromatic nitrogens is 1. The zero-order valence-corrected chi connectivity index (χ0v) is 15.4. The van der Waals surface area contributed by atoms with E-state index in [1.54, 1.807) is 30.3 Å². The van der Waals surface area contributed by atoms with E-state index in [4.69, 9.17) is 4.74 Å². The Kier molecular flexibility index (Phi) is 4.38. The van der Waals surface area contributed by atoms with Crippen LogP contribution in [0.3, 0.4) is 0 Å². The standard InChI is InChI=1S/C21H16N2O6/c1-29-17-10-11(9-16(20(17)24)23(27)28)8-12-6-7-14-18(21(25)26)13-4-2-3-5-15(13)22-19(12)14/h2-5,8-10,24H,6-7H2,1H3,(H,25,26)/b12-8+. The number of aromatic carboxylic acids is 1. The van der Waals surface area contributed by atoms with Gasteiger partial charge in [0.1, 0.15) is 0 Å². The number of nitrogens with zero attached hydrogens (tertiary/aromatic N) is 2.